The number of nitriles is 1. The fraction of sp³-hybridized carbons (Fsp3) is 0.333. The van der Waals surface area contributed by atoms with Gasteiger partial charge in [-0.1, -0.05) is 48.5 Å². The Hall–Kier alpha value is -3.86. The van der Waals surface area contributed by atoms with Gasteiger partial charge in [-0.2, -0.15) is 5.26 Å². The van der Waals surface area contributed by atoms with E-state index in [0.29, 0.717) is 30.1 Å². The van der Waals surface area contributed by atoms with E-state index < -0.39 is 0 Å². The topological polar surface area (TPSA) is 88.8 Å². The van der Waals surface area contributed by atoms with Crippen molar-refractivity contribution in [1.82, 2.24) is 9.80 Å². The van der Waals surface area contributed by atoms with Crippen LogP contribution in [0.4, 0.5) is 10.5 Å². The van der Waals surface area contributed by atoms with Gasteiger partial charge in [-0.3, -0.25) is 4.90 Å². The average Bonchev–Trinajstić information content (AvgIpc) is 2.92. The fourth-order valence-corrected chi connectivity index (χ4v) is 5.73. The predicted octanol–water partition coefficient (Wildman–Crippen LogP) is 4.69. The Morgan fingerprint density at radius 2 is 1.84 bits per heavy atom. The molecule has 0 unspecified atom stereocenters. The van der Waals surface area contributed by atoms with Crippen LogP contribution in [0.5, 0.6) is 5.75 Å². The highest BCUT2D eigenvalue weighted by Crippen LogP contribution is 2.42. The molecule has 3 atom stereocenters. The molecule has 2 fully saturated rings. The van der Waals surface area contributed by atoms with Crippen molar-refractivity contribution in [2.75, 3.05) is 38.7 Å². The lowest BCUT2D eigenvalue weighted by Crippen LogP contribution is -2.68. The molecule has 0 aromatic heterocycles. The molecule has 0 aliphatic carbocycles. The normalized spacial score (nSPS) is 21.5. The number of urea groups is 1. The number of aliphatic hydroxyl groups is 1. The van der Waals surface area contributed by atoms with Gasteiger partial charge in [0.25, 0.3) is 0 Å². The Balaban J connectivity index is 1.35. The van der Waals surface area contributed by atoms with Crippen molar-refractivity contribution in [3.05, 3.63) is 83.9 Å². The monoisotopic (exact) mass is 496 g/mol. The van der Waals surface area contributed by atoms with Crippen molar-refractivity contribution < 1.29 is 14.6 Å². The number of benzene rings is 3. The number of nitrogens with zero attached hydrogens (tertiary/aromatic N) is 3. The molecule has 3 aromatic rings. The molecule has 2 heterocycles. The Morgan fingerprint density at radius 3 is 2.59 bits per heavy atom. The van der Waals surface area contributed by atoms with E-state index in [0.717, 1.165) is 36.1 Å². The van der Waals surface area contributed by atoms with Crippen LogP contribution in [-0.4, -0.2) is 66.4 Å². The van der Waals surface area contributed by atoms with Crippen LogP contribution in [0.15, 0.2) is 72.8 Å². The largest absolute Gasteiger partial charge is 0.495 e. The summed E-state index contributed by atoms with van der Waals surface area (Å²) in [5.41, 5.74) is 4.50. The lowest BCUT2D eigenvalue weighted by molar-refractivity contribution is -0.0585. The number of amides is 2. The van der Waals surface area contributed by atoms with Crippen LogP contribution in [-0.2, 0) is 0 Å². The Kier molecular flexibility index (Phi) is 7.40. The van der Waals surface area contributed by atoms with E-state index in [4.69, 9.17) is 4.74 Å². The molecule has 2 aliphatic rings. The lowest BCUT2D eigenvalue weighted by Gasteiger charge is -2.57. The van der Waals surface area contributed by atoms with Crippen LogP contribution in [0.1, 0.15) is 29.9 Å². The molecule has 2 amide bonds. The third kappa shape index (κ3) is 5.04. The number of hydrogen-bond donors (Lipinski definition) is 2. The maximum Gasteiger partial charge on any atom is 0.322 e. The van der Waals surface area contributed by atoms with Gasteiger partial charge in [-0.25, -0.2) is 4.79 Å². The fourth-order valence-electron chi connectivity index (χ4n) is 5.73. The number of methoxy groups -OCH3 is 1. The summed E-state index contributed by atoms with van der Waals surface area (Å²) >= 11 is 0. The van der Waals surface area contributed by atoms with E-state index in [1.807, 2.05) is 47.4 Å². The SMILES string of the molecule is COc1ccccc1NC(=O)N1CCCCN2[C@H](C1)[C@@H](c1ccc(-c3cccc(C#N)c3)cc1)[C@@H]2CO. The van der Waals surface area contributed by atoms with E-state index in [1.54, 1.807) is 13.2 Å². The van der Waals surface area contributed by atoms with E-state index >= 15 is 0 Å². The van der Waals surface area contributed by atoms with Crippen LogP contribution in [0.2, 0.25) is 0 Å². The predicted molar refractivity (Wildman–Crippen MR) is 144 cm³/mol. The summed E-state index contributed by atoms with van der Waals surface area (Å²) in [7, 11) is 1.60. The summed E-state index contributed by atoms with van der Waals surface area (Å²) < 4.78 is 5.40. The van der Waals surface area contributed by atoms with Crippen LogP contribution in [0.25, 0.3) is 11.1 Å². The molecular formula is C30H32N4O3. The van der Waals surface area contributed by atoms with Gasteiger partial charge in [-0.05, 0) is 60.3 Å². The summed E-state index contributed by atoms with van der Waals surface area (Å²) in [6.45, 7) is 2.29. The zero-order valence-electron chi connectivity index (χ0n) is 21.0. The lowest BCUT2D eigenvalue weighted by atomic mass is 9.74. The number of carbonyl (C=O) groups excluding carboxylic acids is 1. The van der Waals surface area contributed by atoms with Crippen molar-refractivity contribution in [2.45, 2.75) is 30.8 Å². The summed E-state index contributed by atoms with van der Waals surface area (Å²) in [5, 5.41) is 22.5. The first-order valence-electron chi connectivity index (χ1n) is 12.8. The first kappa shape index (κ1) is 24.8. The molecular weight excluding hydrogens is 464 g/mol. The third-order valence-electron chi connectivity index (χ3n) is 7.63. The zero-order chi connectivity index (χ0) is 25.8. The van der Waals surface area contributed by atoms with E-state index in [-0.39, 0.29) is 30.6 Å². The number of fused-ring (bicyclic) bond motifs is 1. The van der Waals surface area contributed by atoms with E-state index in [2.05, 4.69) is 40.6 Å². The van der Waals surface area contributed by atoms with Crippen LogP contribution < -0.4 is 10.1 Å². The van der Waals surface area contributed by atoms with Gasteiger partial charge >= 0.3 is 6.03 Å². The highest BCUT2D eigenvalue weighted by atomic mass is 16.5. The molecule has 7 nitrogen and oxygen atoms in total. The number of anilines is 1. The first-order valence-corrected chi connectivity index (χ1v) is 12.8. The number of ether oxygens (including phenoxy) is 1. The number of hydrogen-bond acceptors (Lipinski definition) is 5. The number of carbonyl (C=O) groups is 1. The van der Waals surface area contributed by atoms with Crippen LogP contribution in [0.3, 0.4) is 0 Å². The molecule has 0 saturated carbocycles. The number of nitrogens with one attached hydrogen (secondary N) is 1. The highest BCUT2D eigenvalue weighted by molar-refractivity contribution is 5.91. The summed E-state index contributed by atoms with van der Waals surface area (Å²) in [6, 6.07) is 25.7. The Labute approximate surface area is 217 Å². The molecule has 0 spiro atoms. The molecule has 5 rings (SSSR count). The average molecular weight is 497 g/mol. The second-order valence-electron chi connectivity index (χ2n) is 9.68. The summed E-state index contributed by atoms with van der Waals surface area (Å²) in [5.74, 6) is 0.760. The van der Waals surface area contributed by atoms with Crippen molar-refractivity contribution in [3.63, 3.8) is 0 Å². The zero-order valence-corrected chi connectivity index (χ0v) is 21.0. The minimum atomic E-state index is -0.134. The first-order chi connectivity index (χ1) is 18.1. The second kappa shape index (κ2) is 11.0. The Morgan fingerprint density at radius 1 is 1.05 bits per heavy atom. The molecule has 2 N–H and O–H groups in total. The van der Waals surface area contributed by atoms with Gasteiger partial charge in [0.1, 0.15) is 5.75 Å². The van der Waals surface area contributed by atoms with E-state index in [9.17, 15) is 15.2 Å². The molecule has 0 radical (unpaired) electrons. The van der Waals surface area contributed by atoms with Crippen LogP contribution in [0, 0.1) is 11.3 Å². The van der Waals surface area contributed by atoms with Gasteiger partial charge in [-0.15, -0.1) is 0 Å². The molecule has 7 heteroatoms. The Bertz CT molecular complexity index is 1290. The van der Waals surface area contributed by atoms with Crippen molar-refractivity contribution in [2.24, 2.45) is 0 Å². The minimum absolute atomic E-state index is 0.0370. The van der Waals surface area contributed by atoms with Gasteiger partial charge in [0.05, 0.1) is 31.0 Å². The van der Waals surface area contributed by atoms with Gasteiger partial charge in [0.2, 0.25) is 0 Å². The molecule has 2 saturated heterocycles. The van der Waals surface area contributed by atoms with Gasteiger partial charge in [0, 0.05) is 31.1 Å². The van der Waals surface area contributed by atoms with E-state index in [1.165, 1.54) is 0 Å². The number of aliphatic hydroxyl groups excluding tert-OH is 1. The van der Waals surface area contributed by atoms with Gasteiger partial charge < -0.3 is 20.1 Å². The quantitative estimate of drug-likeness (QED) is 0.535. The number of rotatable bonds is 5. The number of para-hydroxylation sites is 2. The highest BCUT2D eigenvalue weighted by Gasteiger charge is 2.49. The maximum absolute atomic E-state index is 13.3. The molecule has 2 aliphatic heterocycles. The summed E-state index contributed by atoms with van der Waals surface area (Å²) in [4.78, 5) is 17.5. The second-order valence-corrected chi connectivity index (χ2v) is 9.68. The maximum atomic E-state index is 13.3. The van der Waals surface area contributed by atoms with Gasteiger partial charge in [0.15, 0.2) is 0 Å². The van der Waals surface area contributed by atoms with Crippen LogP contribution >= 0.6 is 0 Å². The smallest absolute Gasteiger partial charge is 0.322 e. The van der Waals surface area contributed by atoms with Crippen molar-refractivity contribution in [3.8, 4) is 22.9 Å². The molecule has 37 heavy (non-hydrogen) atoms. The molecule has 0 bridgehead atoms. The van der Waals surface area contributed by atoms with Crippen molar-refractivity contribution in [1.29, 1.82) is 5.26 Å². The standard InChI is InChI=1S/C30H32N4O3/c1-37-28-10-3-2-9-25(28)32-30(36)33-15-4-5-16-34-26(19-33)29(27(34)20-35)23-13-11-22(12-14-23)24-8-6-7-21(17-24)18-31/h2-3,6-14,17,26-27,29,35H,4-5,15-16,19-20H2,1H3,(H,32,36)/t26-,27+,29-/m1/s1. The molecule has 3 aromatic carbocycles. The van der Waals surface area contributed by atoms with Crippen molar-refractivity contribution >= 4 is 11.7 Å². The summed E-state index contributed by atoms with van der Waals surface area (Å²) in [6.07, 6.45) is 1.90. The molecule has 190 valence electrons. The third-order valence-corrected chi connectivity index (χ3v) is 7.63. The minimum Gasteiger partial charge on any atom is -0.495 e.